The molecule has 2 N–H and O–H groups in total. The Balaban J connectivity index is 1.50. The van der Waals surface area contributed by atoms with Crippen molar-refractivity contribution in [2.45, 2.75) is 83.2 Å². The van der Waals surface area contributed by atoms with Crippen molar-refractivity contribution in [2.24, 2.45) is 0 Å². The molecule has 2 aromatic rings. The zero-order chi connectivity index (χ0) is 31.5. The molecule has 2 aliphatic rings. The van der Waals surface area contributed by atoms with Crippen LogP contribution in [-0.2, 0) is 27.5 Å². The Labute approximate surface area is 247 Å². The van der Waals surface area contributed by atoms with Crippen LogP contribution >= 0.6 is 0 Å². The minimum Gasteiger partial charge on any atom is -0.396 e. The molecule has 0 aliphatic carbocycles. The summed E-state index contributed by atoms with van der Waals surface area (Å²) in [6, 6.07) is 2.53. The van der Waals surface area contributed by atoms with Gasteiger partial charge in [0.05, 0.1) is 19.1 Å². The van der Waals surface area contributed by atoms with Crippen molar-refractivity contribution in [3.8, 4) is 0 Å². The van der Waals surface area contributed by atoms with Gasteiger partial charge in [0.15, 0.2) is 5.76 Å². The molecule has 1 aromatic carbocycles. The van der Waals surface area contributed by atoms with E-state index in [1.54, 1.807) is 37.9 Å². The number of fused-ring (bicyclic) bond motifs is 1. The normalized spacial score (nSPS) is 22.2. The third-order valence-electron chi connectivity index (χ3n) is 8.04. The maximum Gasteiger partial charge on any atom is 0.519 e. The lowest BCUT2D eigenvalue weighted by Gasteiger charge is -2.39. The molecule has 0 unspecified atom stereocenters. The highest BCUT2D eigenvalue weighted by atomic mass is 19.3. The largest absolute Gasteiger partial charge is 0.519 e. The van der Waals surface area contributed by atoms with Crippen molar-refractivity contribution in [2.75, 3.05) is 26.7 Å². The van der Waals surface area contributed by atoms with E-state index in [0.717, 1.165) is 6.92 Å². The third-order valence-corrected chi connectivity index (χ3v) is 8.04. The Bertz CT molecular complexity index is 1360. The second-order valence-corrected chi connectivity index (χ2v) is 11.5. The number of rotatable bonds is 10. The van der Waals surface area contributed by atoms with Gasteiger partial charge in [-0.05, 0) is 57.9 Å². The lowest BCUT2D eigenvalue weighted by atomic mass is 10.1. The summed E-state index contributed by atoms with van der Waals surface area (Å²) >= 11 is 0. The Kier molecular flexibility index (Phi) is 10.0. The molecule has 0 spiro atoms. The van der Waals surface area contributed by atoms with E-state index < -0.39 is 54.0 Å². The molecule has 3 amide bonds. The van der Waals surface area contributed by atoms with E-state index in [0.29, 0.717) is 24.8 Å². The number of nitrogens with one attached hydrogen (secondary N) is 2. The van der Waals surface area contributed by atoms with Gasteiger partial charge in [-0.2, -0.15) is 0 Å². The van der Waals surface area contributed by atoms with Gasteiger partial charge in [-0.25, -0.2) is 18.0 Å². The van der Waals surface area contributed by atoms with E-state index in [4.69, 9.17) is 8.83 Å². The number of likely N-dealkylation sites (N-methyl/N-ethyl adjacent to an activating group) is 1. The first-order valence-electron chi connectivity index (χ1n) is 14.3. The number of hydrogen-bond acceptors (Lipinski definition) is 8. The minimum atomic E-state index is -3.02. The molecule has 1 aromatic heterocycles. The Hall–Kier alpha value is -3.65. The molecular formula is C29H38F3N5O6. The van der Waals surface area contributed by atoms with E-state index >= 15 is 0 Å². The quantitative estimate of drug-likeness (QED) is 0.419. The minimum absolute atomic E-state index is 0.0729. The zero-order valence-corrected chi connectivity index (χ0v) is 24.7. The van der Waals surface area contributed by atoms with Crippen molar-refractivity contribution < 1.29 is 36.4 Å². The van der Waals surface area contributed by atoms with Gasteiger partial charge in [-0.1, -0.05) is 12.1 Å². The Morgan fingerprint density at radius 3 is 2.47 bits per heavy atom. The lowest BCUT2D eigenvalue weighted by Crippen LogP contribution is -2.62. The maximum absolute atomic E-state index is 14.0. The fraction of sp³-hybridized carbons (Fsp3) is 0.586. The summed E-state index contributed by atoms with van der Waals surface area (Å²) in [7, 11) is 1.62. The standard InChI is InChI=1S/C29H38F3N5O6/c1-17(35(4)15-24-18(2)42-28(41)43-24)25(38)34-22-14-36(16-29(3,31)32)12-11-21-9-10-23(37(21)27(22)40)26(39)33-13-19-5-7-20(30)8-6-19/h5-8,17,21-23H,9-16H2,1-4H3,(H,33,39)(H,34,38)/t17-,21+,22-,23-/m0/s1. The number of benzene rings is 1. The monoisotopic (exact) mass is 609 g/mol. The summed E-state index contributed by atoms with van der Waals surface area (Å²) in [4.78, 5) is 56.5. The first kappa shape index (κ1) is 32.3. The molecule has 2 fully saturated rings. The van der Waals surface area contributed by atoms with Crippen LogP contribution in [0.3, 0.4) is 0 Å². The van der Waals surface area contributed by atoms with Crippen molar-refractivity contribution in [1.82, 2.24) is 25.3 Å². The topological polar surface area (TPSA) is 128 Å². The van der Waals surface area contributed by atoms with Crippen LogP contribution in [0.4, 0.5) is 13.2 Å². The average molecular weight is 610 g/mol. The molecule has 2 aliphatic heterocycles. The van der Waals surface area contributed by atoms with Gasteiger partial charge >= 0.3 is 5.82 Å². The van der Waals surface area contributed by atoms with Gasteiger partial charge in [0.25, 0.3) is 5.92 Å². The molecular weight excluding hydrogens is 571 g/mol. The molecule has 0 saturated carbocycles. The van der Waals surface area contributed by atoms with E-state index in [-0.39, 0.29) is 49.6 Å². The molecule has 4 atom stereocenters. The second kappa shape index (κ2) is 13.3. The lowest BCUT2D eigenvalue weighted by molar-refractivity contribution is -0.146. The van der Waals surface area contributed by atoms with Crippen molar-refractivity contribution in [3.63, 3.8) is 0 Å². The number of carbonyl (C=O) groups is 3. The number of hydrogen-bond donors (Lipinski definition) is 2. The summed E-state index contributed by atoms with van der Waals surface area (Å²) in [6.07, 6.45) is 1.29. The van der Waals surface area contributed by atoms with Crippen LogP contribution in [0.25, 0.3) is 0 Å². The number of halogens is 3. The van der Waals surface area contributed by atoms with Crippen LogP contribution in [0.5, 0.6) is 0 Å². The van der Waals surface area contributed by atoms with E-state index in [1.807, 2.05) is 0 Å². The highest BCUT2D eigenvalue weighted by molar-refractivity contribution is 5.94. The summed E-state index contributed by atoms with van der Waals surface area (Å²) in [5.74, 6) is -5.19. The first-order chi connectivity index (χ1) is 20.2. The van der Waals surface area contributed by atoms with Crippen LogP contribution in [0.1, 0.15) is 50.2 Å². The van der Waals surface area contributed by atoms with Crippen LogP contribution in [0.15, 0.2) is 37.9 Å². The fourth-order valence-corrected chi connectivity index (χ4v) is 5.62. The highest BCUT2D eigenvalue weighted by Gasteiger charge is 2.45. The fourth-order valence-electron chi connectivity index (χ4n) is 5.62. The van der Waals surface area contributed by atoms with E-state index in [2.05, 4.69) is 10.6 Å². The molecule has 11 nitrogen and oxygen atoms in total. The molecule has 236 valence electrons. The average Bonchev–Trinajstić information content (AvgIpc) is 3.49. The van der Waals surface area contributed by atoms with E-state index in [1.165, 1.54) is 21.9 Å². The van der Waals surface area contributed by atoms with Crippen molar-refractivity contribution >= 4 is 17.7 Å². The third kappa shape index (κ3) is 8.25. The number of aryl methyl sites for hydroxylation is 1. The van der Waals surface area contributed by atoms with Crippen LogP contribution in [-0.4, -0.2) is 89.2 Å². The summed E-state index contributed by atoms with van der Waals surface area (Å²) in [5.41, 5.74) is 0.688. The second-order valence-electron chi connectivity index (χ2n) is 11.5. The van der Waals surface area contributed by atoms with Crippen molar-refractivity contribution in [3.05, 3.63) is 57.8 Å². The predicted octanol–water partition coefficient (Wildman–Crippen LogP) is 2.02. The SMILES string of the molecule is Cc1oc(=O)oc1CN(C)[C@@H](C)C(=O)N[C@H]1CN(CC(C)(F)F)CC[C@H]2CC[C@@H](C(=O)NCc3ccc(F)cc3)N2C1=O. The first-order valence-corrected chi connectivity index (χ1v) is 14.3. The number of nitrogens with zero attached hydrogens (tertiary/aromatic N) is 3. The van der Waals surface area contributed by atoms with Gasteiger partial charge in [-0.15, -0.1) is 0 Å². The molecule has 2 saturated heterocycles. The Morgan fingerprint density at radius 1 is 1.14 bits per heavy atom. The van der Waals surface area contributed by atoms with Gasteiger partial charge in [0.1, 0.15) is 23.7 Å². The molecule has 0 bridgehead atoms. The molecule has 0 radical (unpaired) electrons. The number of alkyl halides is 2. The zero-order valence-electron chi connectivity index (χ0n) is 24.7. The summed E-state index contributed by atoms with van der Waals surface area (Å²) < 4.78 is 51.2. The van der Waals surface area contributed by atoms with Crippen LogP contribution in [0.2, 0.25) is 0 Å². The molecule has 4 rings (SSSR count). The van der Waals surface area contributed by atoms with Gasteiger partial charge < -0.3 is 24.4 Å². The van der Waals surface area contributed by atoms with Crippen molar-refractivity contribution in [1.29, 1.82) is 0 Å². The number of carbonyl (C=O) groups excluding carboxylic acids is 3. The number of amides is 3. The van der Waals surface area contributed by atoms with Gasteiger partial charge in [0.2, 0.25) is 17.7 Å². The smallest absolute Gasteiger partial charge is 0.396 e. The highest BCUT2D eigenvalue weighted by Crippen LogP contribution is 2.30. The maximum atomic E-state index is 14.0. The van der Waals surface area contributed by atoms with E-state index in [9.17, 15) is 32.3 Å². The summed E-state index contributed by atoms with van der Waals surface area (Å²) in [5, 5.41) is 5.54. The molecule has 3 heterocycles. The van der Waals surface area contributed by atoms with Gasteiger partial charge in [0, 0.05) is 32.6 Å². The van der Waals surface area contributed by atoms with Crippen LogP contribution < -0.4 is 16.5 Å². The summed E-state index contributed by atoms with van der Waals surface area (Å²) in [6.45, 7) is 3.68. The predicted molar refractivity (Wildman–Crippen MR) is 148 cm³/mol. The Morgan fingerprint density at radius 2 is 1.84 bits per heavy atom. The van der Waals surface area contributed by atoms with Crippen LogP contribution in [0, 0.1) is 12.7 Å². The van der Waals surface area contributed by atoms with Gasteiger partial charge in [-0.3, -0.25) is 24.2 Å². The molecule has 14 heteroatoms. The molecule has 43 heavy (non-hydrogen) atoms.